The van der Waals surface area contributed by atoms with Gasteiger partial charge in [0.15, 0.2) is 11.8 Å². The van der Waals surface area contributed by atoms with Gasteiger partial charge in [-0.3, -0.25) is 28.9 Å². The molecule has 22 heavy (non-hydrogen) atoms. The number of nitrogens with zero attached hydrogens (tertiary/aromatic N) is 1. The molecule has 0 aromatic heterocycles. The topological polar surface area (TPSA) is 135 Å². The Morgan fingerprint density at radius 3 is 1.95 bits per heavy atom. The van der Waals surface area contributed by atoms with Gasteiger partial charge in [-0.25, -0.2) is 0 Å². The first-order chi connectivity index (χ1) is 10.3. The second-order valence-corrected chi connectivity index (χ2v) is 4.69. The van der Waals surface area contributed by atoms with E-state index in [1.807, 2.05) is 0 Å². The lowest BCUT2D eigenvalue weighted by molar-refractivity contribution is -0.140. The number of fused-ring (bicyclic) bond motifs is 1. The number of rotatable bonds is 6. The van der Waals surface area contributed by atoms with Crippen LogP contribution in [0.25, 0.3) is 0 Å². The first-order valence-corrected chi connectivity index (χ1v) is 6.35. The largest absolute Gasteiger partial charge is 0.481 e. The van der Waals surface area contributed by atoms with Gasteiger partial charge in [0.1, 0.15) is 0 Å². The number of carboxylic acids is 1. The quantitative estimate of drug-likeness (QED) is 0.541. The van der Waals surface area contributed by atoms with E-state index in [0.717, 1.165) is 0 Å². The van der Waals surface area contributed by atoms with E-state index in [2.05, 4.69) is 0 Å². The highest BCUT2D eigenvalue weighted by Crippen LogP contribution is 2.25. The Labute approximate surface area is 124 Å². The number of carbonyl (C=O) groups is 5. The number of carboxylic acid groups (broad SMARTS) is 1. The molecule has 1 unspecified atom stereocenters. The number of hydrogen-bond donors (Lipinski definition) is 2. The normalized spacial score (nSPS) is 14.6. The predicted octanol–water partition coefficient (Wildman–Crippen LogP) is -0.430. The van der Waals surface area contributed by atoms with Crippen molar-refractivity contribution in [3.05, 3.63) is 35.4 Å². The molecule has 3 N–H and O–H groups in total. The summed E-state index contributed by atoms with van der Waals surface area (Å²) in [6, 6.07) is 4.08. The van der Waals surface area contributed by atoms with Gasteiger partial charge in [-0.15, -0.1) is 0 Å². The average molecular weight is 304 g/mol. The Morgan fingerprint density at radius 1 is 1.05 bits per heavy atom. The van der Waals surface area contributed by atoms with Crippen LogP contribution in [0.2, 0.25) is 0 Å². The van der Waals surface area contributed by atoms with Crippen molar-refractivity contribution in [3.8, 4) is 0 Å². The van der Waals surface area contributed by atoms with Crippen LogP contribution in [0.5, 0.6) is 0 Å². The minimum absolute atomic E-state index is 0.0739. The molecule has 1 aromatic carbocycles. The number of benzene rings is 1. The highest BCUT2D eigenvalue weighted by Gasteiger charge is 2.44. The molecule has 3 amide bonds. The minimum Gasteiger partial charge on any atom is -0.481 e. The molecule has 1 aliphatic rings. The molecule has 0 saturated heterocycles. The molecular weight excluding hydrogens is 292 g/mol. The second-order valence-electron chi connectivity index (χ2n) is 4.69. The molecule has 8 heteroatoms. The smallest absolute Gasteiger partial charge is 0.303 e. The van der Waals surface area contributed by atoms with Crippen molar-refractivity contribution in [1.29, 1.82) is 0 Å². The zero-order valence-corrected chi connectivity index (χ0v) is 11.3. The van der Waals surface area contributed by atoms with Crippen LogP contribution in [0, 0.1) is 0 Å². The zero-order valence-electron chi connectivity index (χ0n) is 11.3. The predicted molar refractivity (Wildman–Crippen MR) is 71.8 cm³/mol. The third-order valence-electron chi connectivity index (χ3n) is 3.24. The number of amides is 3. The lowest BCUT2D eigenvalue weighted by atomic mass is 10.1. The van der Waals surface area contributed by atoms with E-state index in [1.54, 1.807) is 12.1 Å². The summed E-state index contributed by atoms with van der Waals surface area (Å²) in [5, 5.41) is 8.58. The minimum atomic E-state index is -1.80. The summed E-state index contributed by atoms with van der Waals surface area (Å²) in [4.78, 5) is 59.0. The van der Waals surface area contributed by atoms with E-state index in [1.165, 1.54) is 12.1 Å². The van der Waals surface area contributed by atoms with Gasteiger partial charge in [0.05, 0.1) is 17.5 Å². The first kappa shape index (κ1) is 15.4. The molecule has 0 aliphatic carbocycles. The zero-order chi connectivity index (χ0) is 16.4. The third kappa shape index (κ3) is 2.58. The third-order valence-corrected chi connectivity index (χ3v) is 3.24. The fourth-order valence-corrected chi connectivity index (χ4v) is 2.24. The van der Waals surface area contributed by atoms with Crippen LogP contribution in [0.3, 0.4) is 0 Å². The molecule has 0 bridgehead atoms. The maximum Gasteiger partial charge on any atom is 0.303 e. The fraction of sp³-hybridized carbons (Fsp3) is 0.214. The molecule has 1 aliphatic heterocycles. The molecule has 1 aromatic rings. The first-order valence-electron chi connectivity index (χ1n) is 6.35. The van der Waals surface area contributed by atoms with Crippen molar-refractivity contribution in [2.45, 2.75) is 18.9 Å². The lowest BCUT2D eigenvalue weighted by Crippen LogP contribution is -2.52. The van der Waals surface area contributed by atoms with Gasteiger partial charge >= 0.3 is 5.97 Å². The van der Waals surface area contributed by atoms with E-state index < -0.39 is 48.4 Å². The number of carbonyl (C=O) groups excluding carboxylic acids is 4. The number of primary amides is 1. The highest BCUT2D eigenvalue weighted by molar-refractivity contribution is 6.25. The SMILES string of the molecule is NC(=O)C(C(=O)CCC(=O)O)N1C(=O)c2ccccc2C1=O. The molecule has 0 spiro atoms. The van der Waals surface area contributed by atoms with Crippen LogP contribution in [-0.4, -0.2) is 45.5 Å². The molecule has 0 saturated carbocycles. The van der Waals surface area contributed by atoms with Crippen LogP contribution in [0.1, 0.15) is 33.6 Å². The summed E-state index contributed by atoms with van der Waals surface area (Å²) in [6.07, 6.45) is -1.03. The molecule has 0 radical (unpaired) electrons. The molecular formula is C14H12N2O6. The van der Waals surface area contributed by atoms with Crippen LogP contribution in [0.4, 0.5) is 0 Å². The Hall–Kier alpha value is -3.03. The molecule has 1 atom stereocenters. The van der Waals surface area contributed by atoms with Crippen LogP contribution >= 0.6 is 0 Å². The Kier molecular flexibility index (Phi) is 4.02. The van der Waals surface area contributed by atoms with Crippen LogP contribution in [0.15, 0.2) is 24.3 Å². The van der Waals surface area contributed by atoms with E-state index >= 15 is 0 Å². The Morgan fingerprint density at radius 2 is 1.55 bits per heavy atom. The van der Waals surface area contributed by atoms with Gasteiger partial charge in [0.25, 0.3) is 11.8 Å². The van der Waals surface area contributed by atoms with Crippen molar-refractivity contribution in [3.63, 3.8) is 0 Å². The summed E-state index contributed by atoms with van der Waals surface area (Å²) in [5.41, 5.74) is 5.28. The van der Waals surface area contributed by atoms with Gasteiger partial charge in [-0.2, -0.15) is 0 Å². The van der Waals surface area contributed by atoms with Crippen molar-refractivity contribution >= 4 is 29.5 Å². The Balaban J connectivity index is 2.33. The standard InChI is InChI=1S/C14H12N2O6/c15-12(20)11(9(17)5-6-10(18)19)16-13(21)7-3-1-2-4-8(7)14(16)22/h1-4,11H,5-6H2,(H2,15,20)(H,18,19). The van der Waals surface area contributed by atoms with Gasteiger partial charge < -0.3 is 10.8 Å². The molecule has 8 nitrogen and oxygen atoms in total. The number of Topliss-reactive ketones (excluding diaryl/α,β-unsaturated/α-hetero) is 1. The average Bonchev–Trinajstić information content (AvgIpc) is 2.71. The summed E-state index contributed by atoms with van der Waals surface area (Å²) >= 11 is 0. The summed E-state index contributed by atoms with van der Waals surface area (Å²) in [5.74, 6) is -4.89. The fourth-order valence-electron chi connectivity index (χ4n) is 2.24. The van der Waals surface area contributed by atoms with Crippen LogP contribution < -0.4 is 5.73 Å². The van der Waals surface area contributed by atoms with E-state index in [0.29, 0.717) is 4.90 Å². The van der Waals surface area contributed by atoms with Gasteiger partial charge in [0, 0.05) is 6.42 Å². The summed E-state index contributed by atoms with van der Waals surface area (Å²) in [7, 11) is 0. The van der Waals surface area contributed by atoms with Gasteiger partial charge in [0.2, 0.25) is 5.91 Å². The molecule has 1 heterocycles. The molecule has 2 rings (SSSR count). The number of imide groups is 1. The van der Waals surface area contributed by atoms with E-state index in [-0.39, 0.29) is 11.1 Å². The lowest BCUT2D eigenvalue weighted by Gasteiger charge is -2.21. The monoisotopic (exact) mass is 304 g/mol. The van der Waals surface area contributed by atoms with Gasteiger partial charge in [-0.1, -0.05) is 12.1 Å². The number of nitrogens with two attached hydrogens (primary N) is 1. The number of ketones is 1. The number of aliphatic carboxylic acids is 1. The second kappa shape index (κ2) is 5.76. The maximum atomic E-state index is 12.2. The van der Waals surface area contributed by atoms with Crippen molar-refractivity contribution in [2.24, 2.45) is 5.73 Å². The van der Waals surface area contributed by atoms with Crippen LogP contribution in [-0.2, 0) is 14.4 Å². The van der Waals surface area contributed by atoms with Gasteiger partial charge in [-0.05, 0) is 12.1 Å². The van der Waals surface area contributed by atoms with Crippen molar-refractivity contribution in [2.75, 3.05) is 0 Å². The highest BCUT2D eigenvalue weighted by atomic mass is 16.4. The van der Waals surface area contributed by atoms with E-state index in [4.69, 9.17) is 10.8 Å². The molecule has 0 fully saturated rings. The summed E-state index contributed by atoms with van der Waals surface area (Å²) < 4.78 is 0. The molecule has 114 valence electrons. The maximum absolute atomic E-state index is 12.2. The van der Waals surface area contributed by atoms with Crippen molar-refractivity contribution in [1.82, 2.24) is 4.90 Å². The number of hydrogen-bond acceptors (Lipinski definition) is 5. The Bertz CT molecular complexity index is 661. The van der Waals surface area contributed by atoms with Crippen molar-refractivity contribution < 1.29 is 29.1 Å². The summed E-state index contributed by atoms with van der Waals surface area (Å²) in [6.45, 7) is 0. The van der Waals surface area contributed by atoms with E-state index in [9.17, 15) is 24.0 Å².